The molecular weight excluding hydrogens is 200 g/mol. The number of benzene rings is 1. The van der Waals surface area contributed by atoms with Crippen LogP contribution in [0, 0.1) is 0 Å². The first-order valence-corrected chi connectivity index (χ1v) is 5.42. The zero-order valence-electron chi connectivity index (χ0n) is 16.0. The van der Waals surface area contributed by atoms with Gasteiger partial charge >= 0.3 is 0 Å². The highest BCUT2D eigenvalue weighted by Gasteiger charge is 2.14. The van der Waals surface area contributed by atoms with Crippen LogP contribution in [0.2, 0.25) is 0 Å². The van der Waals surface area contributed by atoms with Gasteiger partial charge in [-0.05, 0) is 31.2 Å². The lowest BCUT2D eigenvalue weighted by Gasteiger charge is -2.10. The van der Waals surface area contributed by atoms with Crippen molar-refractivity contribution in [3.05, 3.63) is 35.9 Å². The topological polar surface area (TPSA) is 18.5 Å². The van der Waals surface area contributed by atoms with Crippen LogP contribution < -0.4 is 0 Å². The molecule has 1 unspecified atom stereocenters. The van der Waals surface area contributed by atoms with Crippen molar-refractivity contribution in [2.75, 3.05) is 13.2 Å². The molecule has 88 valence electrons. The zero-order chi connectivity index (χ0) is 17.4. The van der Waals surface area contributed by atoms with Crippen molar-refractivity contribution in [3.63, 3.8) is 0 Å². The van der Waals surface area contributed by atoms with E-state index in [0.717, 1.165) is 18.4 Å². The molecular formula is C14H20O2. The van der Waals surface area contributed by atoms with E-state index >= 15 is 0 Å². The number of rotatable bonds is 6. The Balaban J connectivity index is 1.88. The lowest BCUT2D eigenvalue weighted by Crippen LogP contribution is -2.11. The second kappa shape index (κ2) is 6.66. The van der Waals surface area contributed by atoms with Crippen molar-refractivity contribution in [2.24, 2.45) is 0 Å². The number of ether oxygens (including phenoxy) is 2. The molecule has 0 amide bonds. The van der Waals surface area contributed by atoms with E-state index in [1.165, 1.54) is 0 Å². The normalized spacial score (nSPS) is 40.6. The molecule has 2 rings (SSSR count). The van der Waals surface area contributed by atoms with E-state index in [2.05, 4.69) is 4.74 Å². The molecule has 0 bridgehead atoms. The van der Waals surface area contributed by atoms with E-state index in [0.29, 0.717) is 6.42 Å². The minimum absolute atomic E-state index is 0.0119. The van der Waals surface area contributed by atoms with E-state index in [4.69, 9.17) is 14.3 Å². The lowest BCUT2D eigenvalue weighted by atomic mass is 10.1. The maximum absolute atomic E-state index is 7.89. The van der Waals surface area contributed by atoms with Crippen molar-refractivity contribution >= 4 is 0 Å². The first-order chi connectivity index (χ1) is 10.5. The van der Waals surface area contributed by atoms with Crippen LogP contribution in [0.4, 0.5) is 0 Å². The molecule has 0 aromatic heterocycles. The molecule has 1 aromatic rings. The van der Waals surface area contributed by atoms with Crippen LogP contribution in [0.15, 0.2) is 30.3 Å². The maximum atomic E-state index is 7.89. The van der Waals surface area contributed by atoms with Gasteiger partial charge in [0.25, 0.3) is 0 Å². The Morgan fingerprint density at radius 1 is 1.38 bits per heavy atom. The van der Waals surface area contributed by atoms with Crippen molar-refractivity contribution in [1.82, 2.24) is 0 Å². The Bertz CT molecular complexity index is 535. The first kappa shape index (κ1) is 5.65. The molecule has 0 saturated carbocycles. The van der Waals surface area contributed by atoms with E-state index in [1.807, 2.05) is 30.3 Å². The molecule has 1 atom stereocenters. The summed E-state index contributed by atoms with van der Waals surface area (Å²) in [4.78, 5) is 0. The molecule has 0 spiro atoms. The van der Waals surface area contributed by atoms with Crippen LogP contribution >= 0.6 is 0 Å². The zero-order valence-corrected chi connectivity index (χ0v) is 9.03. The smallest absolute Gasteiger partial charge is 0.157 e. The second-order valence-corrected chi connectivity index (χ2v) is 3.53. The summed E-state index contributed by atoms with van der Waals surface area (Å²) in [5.41, 5.74) is 1.16. The molecule has 1 heterocycles. The number of aryl methyl sites for hydroxylation is 1. The molecule has 2 heteroatoms. The molecule has 1 aromatic carbocycles. The van der Waals surface area contributed by atoms with Gasteiger partial charge in [-0.15, -0.1) is 0 Å². The summed E-state index contributed by atoms with van der Waals surface area (Å²) in [7, 11) is 0. The summed E-state index contributed by atoms with van der Waals surface area (Å²) in [6, 6.07) is 9.80. The molecule has 0 N–H and O–H groups in total. The van der Waals surface area contributed by atoms with Crippen LogP contribution in [0.25, 0.3) is 0 Å². The average Bonchev–Trinajstić information content (AvgIpc) is 2.55. The molecule has 1 fully saturated rings. The summed E-state index contributed by atoms with van der Waals surface area (Å²) in [6.07, 6.45) is -6.52. The van der Waals surface area contributed by atoms with Crippen LogP contribution in [-0.4, -0.2) is 19.4 Å². The van der Waals surface area contributed by atoms with Crippen molar-refractivity contribution in [1.29, 1.82) is 0 Å². The Hall–Kier alpha value is -0.860. The first-order valence-electron chi connectivity index (χ1n) is 8.92. The predicted octanol–water partition coefficient (Wildman–Crippen LogP) is 3.16. The van der Waals surface area contributed by atoms with Crippen molar-refractivity contribution in [3.8, 4) is 0 Å². The molecule has 0 aliphatic carbocycles. The maximum Gasteiger partial charge on any atom is 0.157 e. The quantitative estimate of drug-likeness (QED) is 0.695. The van der Waals surface area contributed by atoms with Gasteiger partial charge < -0.3 is 9.47 Å². The third kappa shape index (κ3) is 3.95. The second-order valence-electron chi connectivity index (χ2n) is 3.53. The average molecular weight is 227 g/mol. The highest BCUT2D eigenvalue weighted by Crippen LogP contribution is 2.13. The van der Waals surface area contributed by atoms with Gasteiger partial charge in [0.2, 0.25) is 0 Å². The SMILES string of the molecule is [2H]C1([2H])OC([2H])(OCCCCc2ccccc2)C([2H])([2H])C1([2H])[2H]. The predicted molar refractivity (Wildman–Crippen MR) is 64.3 cm³/mol. The van der Waals surface area contributed by atoms with E-state index in [1.54, 1.807) is 0 Å². The van der Waals surface area contributed by atoms with Crippen molar-refractivity contribution < 1.29 is 19.1 Å². The lowest BCUT2D eigenvalue weighted by molar-refractivity contribution is -0.111. The summed E-state index contributed by atoms with van der Waals surface area (Å²) in [6.45, 7) is -2.94. The Kier molecular flexibility index (Phi) is 2.35. The largest absolute Gasteiger partial charge is 0.353 e. The van der Waals surface area contributed by atoms with E-state index in [9.17, 15) is 0 Å². The van der Waals surface area contributed by atoms with Gasteiger partial charge in [-0.3, -0.25) is 0 Å². The molecule has 1 aliphatic heterocycles. The highest BCUT2D eigenvalue weighted by molar-refractivity contribution is 5.14. The standard InChI is InChI=1S/C14H20O2/c1-2-7-13(8-3-1)9-4-5-11-15-14-10-6-12-16-14/h1-3,7-8,14H,4-6,9-12H2/i6D2,10D2,12D2,14D. The Morgan fingerprint density at radius 2 is 2.25 bits per heavy atom. The van der Waals surface area contributed by atoms with E-state index < -0.39 is 25.6 Å². The van der Waals surface area contributed by atoms with Gasteiger partial charge in [-0.25, -0.2) is 0 Å². The summed E-state index contributed by atoms with van der Waals surface area (Å²) in [5.74, 6) is 0. The van der Waals surface area contributed by atoms with Crippen LogP contribution in [0.1, 0.15) is 40.7 Å². The van der Waals surface area contributed by atoms with Crippen LogP contribution in [-0.2, 0) is 15.9 Å². The monoisotopic (exact) mass is 227 g/mol. The molecule has 1 saturated heterocycles. The van der Waals surface area contributed by atoms with Crippen molar-refractivity contribution in [2.45, 2.75) is 38.3 Å². The van der Waals surface area contributed by atoms with Gasteiger partial charge in [0, 0.05) is 25.0 Å². The minimum Gasteiger partial charge on any atom is -0.353 e. The van der Waals surface area contributed by atoms with Gasteiger partial charge in [-0.2, -0.15) is 0 Å². The van der Waals surface area contributed by atoms with Gasteiger partial charge in [0.15, 0.2) is 6.27 Å². The fourth-order valence-corrected chi connectivity index (χ4v) is 1.48. The van der Waals surface area contributed by atoms with Crippen LogP contribution in [0.5, 0.6) is 0 Å². The summed E-state index contributed by atoms with van der Waals surface area (Å²) in [5, 5.41) is 0. The number of hydrogen-bond donors (Lipinski definition) is 0. The number of hydrogen-bond acceptors (Lipinski definition) is 2. The highest BCUT2D eigenvalue weighted by atomic mass is 16.7. The van der Waals surface area contributed by atoms with Gasteiger partial charge in [0.05, 0.1) is 4.11 Å². The fourth-order valence-electron chi connectivity index (χ4n) is 1.48. The molecule has 2 nitrogen and oxygen atoms in total. The van der Waals surface area contributed by atoms with E-state index in [-0.39, 0.29) is 6.61 Å². The third-order valence-corrected chi connectivity index (χ3v) is 2.30. The molecule has 0 radical (unpaired) electrons. The Labute approximate surface area is 107 Å². The minimum atomic E-state index is -2.98. The van der Waals surface area contributed by atoms with Gasteiger partial charge in [-0.1, -0.05) is 30.3 Å². The third-order valence-electron chi connectivity index (χ3n) is 2.30. The van der Waals surface area contributed by atoms with Gasteiger partial charge in [0.1, 0.15) is 0 Å². The number of unbranched alkanes of at least 4 members (excludes halogenated alkanes) is 1. The molecule has 1 aliphatic rings. The van der Waals surface area contributed by atoms with Crippen LogP contribution in [0.3, 0.4) is 0 Å². The molecule has 16 heavy (non-hydrogen) atoms. The Morgan fingerprint density at radius 3 is 3.00 bits per heavy atom. The summed E-state index contributed by atoms with van der Waals surface area (Å²) < 4.78 is 63.2. The summed E-state index contributed by atoms with van der Waals surface area (Å²) >= 11 is 0. The fraction of sp³-hybridized carbons (Fsp3) is 0.571.